The van der Waals surface area contributed by atoms with Crippen molar-refractivity contribution in [2.45, 2.75) is 37.5 Å². The maximum Gasteiger partial charge on any atom is 0.130 e. The lowest BCUT2D eigenvalue weighted by atomic mass is 9.94. The van der Waals surface area contributed by atoms with Crippen molar-refractivity contribution in [2.24, 2.45) is 0 Å². The van der Waals surface area contributed by atoms with Gasteiger partial charge in [-0.25, -0.2) is 0 Å². The van der Waals surface area contributed by atoms with E-state index in [1.165, 1.54) is 31.5 Å². The van der Waals surface area contributed by atoms with Gasteiger partial charge >= 0.3 is 0 Å². The van der Waals surface area contributed by atoms with Crippen molar-refractivity contribution in [1.82, 2.24) is 5.32 Å². The molecule has 0 aliphatic carbocycles. The number of benzene rings is 1. The van der Waals surface area contributed by atoms with Crippen LogP contribution in [0, 0.1) is 0 Å². The Labute approximate surface area is 121 Å². The molecule has 0 aromatic heterocycles. The number of hydrogen-bond acceptors (Lipinski definition) is 3. The Morgan fingerprint density at radius 2 is 1.90 bits per heavy atom. The van der Waals surface area contributed by atoms with Crippen LogP contribution in [0.15, 0.2) is 24.3 Å². The molecule has 0 amide bonds. The second-order valence-corrected chi connectivity index (χ2v) is 6.65. The number of nitrogens with zero attached hydrogens (tertiary/aromatic N) is 1. The Bertz CT molecular complexity index is 453. The van der Waals surface area contributed by atoms with Gasteiger partial charge < -0.3 is 20.6 Å². The molecule has 3 atom stereocenters. The number of nitrogens with two attached hydrogens (primary N) is 1. The molecule has 1 aromatic rings. The highest BCUT2D eigenvalue weighted by Gasteiger charge is 2.44. The van der Waals surface area contributed by atoms with Crippen LogP contribution in [0.3, 0.4) is 0 Å². The average Bonchev–Trinajstić information content (AvgIpc) is 3.02. The molecule has 20 heavy (non-hydrogen) atoms. The van der Waals surface area contributed by atoms with Crippen molar-refractivity contribution < 1.29 is 9.59 Å². The summed E-state index contributed by atoms with van der Waals surface area (Å²) in [4.78, 5) is 0. The summed E-state index contributed by atoms with van der Waals surface area (Å²) in [6.07, 6.45) is 3.25. The summed E-state index contributed by atoms with van der Waals surface area (Å²) in [6.45, 7) is 3.17. The number of aliphatic hydroxyl groups excluding tert-OH is 1. The molecule has 0 bridgehead atoms. The van der Waals surface area contributed by atoms with Crippen LogP contribution in [0.2, 0.25) is 0 Å². The van der Waals surface area contributed by atoms with Gasteiger partial charge in [-0.3, -0.25) is 0 Å². The van der Waals surface area contributed by atoms with Crippen LogP contribution in [-0.2, 0) is 0 Å². The minimum Gasteiger partial charge on any atom is -0.399 e. The first-order valence-electron chi connectivity index (χ1n) is 7.70. The molecule has 2 heterocycles. The molecular formula is C16H26N3O+. The van der Waals surface area contributed by atoms with E-state index in [1.807, 2.05) is 12.1 Å². The van der Waals surface area contributed by atoms with E-state index >= 15 is 0 Å². The SMILES string of the molecule is C[N+]1(C(c2ccc(N)cc2)C2CC(O)CN2)CCCC1. The van der Waals surface area contributed by atoms with Crippen LogP contribution in [0.1, 0.15) is 30.9 Å². The predicted octanol–water partition coefficient (Wildman–Crippen LogP) is 1.27. The number of aliphatic hydroxyl groups is 1. The Kier molecular flexibility index (Phi) is 3.71. The first-order chi connectivity index (χ1) is 9.58. The van der Waals surface area contributed by atoms with Crippen LogP contribution < -0.4 is 11.1 Å². The zero-order valence-electron chi connectivity index (χ0n) is 12.3. The summed E-state index contributed by atoms with van der Waals surface area (Å²) in [7, 11) is 2.36. The fraction of sp³-hybridized carbons (Fsp3) is 0.625. The van der Waals surface area contributed by atoms with Crippen molar-refractivity contribution >= 4 is 5.69 Å². The molecule has 0 saturated carbocycles. The van der Waals surface area contributed by atoms with Crippen LogP contribution in [0.5, 0.6) is 0 Å². The number of nitrogens with one attached hydrogen (secondary N) is 1. The standard InChI is InChI=1S/C16H26N3O/c1-19(8-2-3-9-19)16(15-10-14(20)11-18-15)12-4-6-13(17)7-5-12/h4-7,14-16,18,20H,2-3,8-11,17H2,1H3/q+1. The first-order valence-corrected chi connectivity index (χ1v) is 7.70. The molecule has 2 aliphatic rings. The number of β-amino-alcohol motifs (C(OH)–C–C–N with tert-alkyl or cyclic N) is 1. The van der Waals surface area contributed by atoms with E-state index in [-0.39, 0.29) is 6.10 Å². The third-order valence-corrected chi connectivity index (χ3v) is 5.06. The molecule has 4 nitrogen and oxygen atoms in total. The fourth-order valence-corrected chi connectivity index (χ4v) is 4.04. The van der Waals surface area contributed by atoms with Gasteiger partial charge in [0.05, 0.1) is 32.3 Å². The smallest absolute Gasteiger partial charge is 0.130 e. The van der Waals surface area contributed by atoms with Gasteiger partial charge in [0.2, 0.25) is 0 Å². The molecule has 110 valence electrons. The zero-order chi connectivity index (χ0) is 14.2. The van der Waals surface area contributed by atoms with Crippen LogP contribution in [0.25, 0.3) is 0 Å². The summed E-state index contributed by atoms with van der Waals surface area (Å²) >= 11 is 0. The number of rotatable bonds is 3. The number of hydrogen-bond donors (Lipinski definition) is 3. The highest BCUT2D eigenvalue weighted by molar-refractivity contribution is 5.40. The van der Waals surface area contributed by atoms with Crippen molar-refractivity contribution in [2.75, 3.05) is 32.4 Å². The maximum absolute atomic E-state index is 9.88. The largest absolute Gasteiger partial charge is 0.399 e. The Balaban J connectivity index is 1.92. The van der Waals surface area contributed by atoms with Gasteiger partial charge in [-0.05, 0) is 18.6 Å². The van der Waals surface area contributed by atoms with Crippen molar-refractivity contribution in [1.29, 1.82) is 0 Å². The van der Waals surface area contributed by atoms with E-state index in [9.17, 15) is 5.11 Å². The van der Waals surface area contributed by atoms with Crippen molar-refractivity contribution in [3.8, 4) is 0 Å². The van der Waals surface area contributed by atoms with E-state index in [0.717, 1.165) is 23.1 Å². The van der Waals surface area contributed by atoms with Gasteiger partial charge in [0.15, 0.2) is 0 Å². The van der Waals surface area contributed by atoms with Crippen LogP contribution in [-0.4, -0.2) is 48.4 Å². The van der Waals surface area contributed by atoms with E-state index in [0.29, 0.717) is 12.1 Å². The van der Waals surface area contributed by atoms with Crippen LogP contribution in [0.4, 0.5) is 5.69 Å². The third kappa shape index (κ3) is 2.55. The van der Waals surface area contributed by atoms with Gasteiger partial charge in [-0.1, -0.05) is 12.1 Å². The number of quaternary nitrogens is 1. The monoisotopic (exact) mass is 276 g/mol. The predicted molar refractivity (Wildman–Crippen MR) is 81.2 cm³/mol. The number of anilines is 1. The summed E-state index contributed by atoms with van der Waals surface area (Å²) in [5.41, 5.74) is 7.99. The van der Waals surface area contributed by atoms with Gasteiger partial charge in [-0.15, -0.1) is 0 Å². The maximum atomic E-state index is 9.88. The molecule has 0 spiro atoms. The van der Waals surface area contributed by atoms with E-state index in [4.69, 9.17) is 5.73 Å². The Morgan fingerprint density at radius 1 is 1.25 bits per heavy atom. The Morgan fingerprint density at radius 3 is 2.45 bits per heavy atom. The zero-order valence-corrected chi connectivity index (χ0v) is 12.3. The van der Waals surface area contributed by atoms with Gasteiger partial charge in [0.1, 0.15) is 6.04 Å². The second-order valence-electron chi connectivity index (χ2n) is 6.65. The molecule has 0 radical (unpaired) electrons. The molecular weight excluding hydrogens is 250 g/mol. The normalized spacial score (nSPS) is 30.5. The topological polar surface area (TPSA) is 58.3 Å². The highest BCUT2D eigenvalue weighted by Crippen LogP contribution is 2.37. The van der Waals surface area contributed by atoms with E-state index in [2.05, 4.69) is 24.5 Å². The number of nitrogen functional groups attached to an aromatic ring is 1. The lowest BCUT2D eigenvalue weighted by Gasteiger charge is -2.41. The summed E-state index contributed by atoms with van der Waals surface area (Å²) < 4.78 is 1.08. The fourth-order valence-electron chi connectivity index (χ4n) is 4.04. The minimum atomic E-state index is -0.203. The minimum absolute atomic E-state index is 0.203. The molecule has 3 rings (SSSR count). The molecule has 4 heteroatoms. The summed E-state index contributed by atoms with van der Waals surface area (Å²) in [5, 5.41) is 13.4. The van der Waals surface area contributed by atoms with Crippen molar-refractivity contribution in [3.05, 3.63) is 29.8 Å². The van der Waals surface area contributed by atoms with E-state index < -0.39 is 0 Å². The molecule has 1 aromatic carbocycles. The van der Waals surface area contributed by atoms with Gasteiger partial charge in [-0.2, -0.15) is 0 Å². The Hall–Kier alpha value is -1.10. The molecule has 2 fully saturated rings. The van der Waals surface area contributed by atoms with Crippen molar-refractivity contribution in [3.63, 3.8) is 0 Å². The number of likely N-dealkylation sites (N-methyl/N-ethyl adjacent to an activating group) is 1. The lowest BCUT2D eigenvalue weighted by molar-refractivity contribution is -0.929. The van der Waals surface area contributed by atoms with Gasteiger partial charge in [0.25, 0.3) is 0 Å². The lowest BCUT2D eigenvalue weighted by Crippen LogP contribution is -2.51. The highest BCUT2D eigenvalue weighted by atomic mass is 16.3. The van der Waals surface area contributed by atoms with E-state index in [1.54, 1.807) is 0 Å². The van der Waals surface area contributed by atoms with Crippen LogP contribution >= 0.6 is 0 Å². The third-order valence-electron chi connectivity index (χ3n) is 5.06. The summed E-state index contributed by atoms with van der Waals surface area (Å²) in [5.74, 6) is 0. The molecule has 2 saturated heterocycles. The molecule has 3 unspecified atom stereocenters. The average molecular weight is 276 g/mol. The second kappa shape index (κ2) is 5.35. The van der Waals surface area contributed by atoms with Gasteiger partial charge in [0, 0.05) is 30.6 Å². The number of likely N-dealkylation sites (tertiary alicyclic amines) is 1. The summed E-state index contributed by atoms with van der Waals surface area (Å²) in [6, 6.07) is 9.08. The quantitative estimate of drug-likeness (QED) is 0.576. The molecule has 4 N–H and O–H groups in total. The molecule has 2 aliphatic heterocycles. The first kappa shape index (κ1) is 13.9.